The molecule has 2 aliphatic rings. The molecule has 2 fully saturated rings. The van der Waals surface area contributed by atoms with E-state index >= 15 is 0 Å². The summed E-state index contributed by atoms with van der Waals surface area (Å²) in [4.78, 5) is 164. The van der Waals surface area contributed by atoms with Crippen molar-refractivity contribution in [3.63, 3.8) is 0 Å². The zero-order chi connectivity index (χ0) is 103. The highest BCUT2D eigenvalue weighted by molar-refractivity contribution is 6.61. The Labute approximate surface area is 822 Å². The Morgan fingerprint density at radius 2 is 0.818 bits per heavy atom. The van der Waals surface area contributed by atoms with E-state index in [9.17, 15) is 68.0 Å². The molecule has 0 saturated carbocycles. The first kappa shape index (κ1) is 102. The second-order valence-corrected chi connectivity index (χ2v) is 38.4. The number of para-hydroxylation sites is 4. The predicted molar refractivity (Wildman–Crippen MR) is 557 cm³/mol. The maximum absolute atomic E-state index is 13.3. The summed E-state index contributed by atoms with van der Waals surface area (Å²) in [6.45, 7) is 24.8. The van der Waals surface area contributed by atoms with Crippen molar-refractivity contribution in [1.29, 1.82) is 0 Å². The predicted octanol–water partition coefficient (Wildman–Crippen LogP) is 21.4. The zero-order valence-corrected chi connectivity index (χ0v) is 81.3. The van der Waals surface area contributed by atoms with Gasteiger partial charge in [-0.15, -0.1) is 0 Å². The number of nitrogens with two attached hydrogens (primary N) is 2. The highest BCUT2D eigenvalue weighted by atomic mass is 35.5. The van der Waals surface area contributed by atoms with Gasteiger partial charge in [-0.25, -0.2) is 42.7 Å². The molecule has 19 rings (SSSR count). The first-order valence-electron chi connectivity index (χ1n) is 45.9. The van der Waals surface area contributed by atoms with Crippen LogP contribution in [0.25, 0.3) is 132 Å². The second-order valence-electron chi connectivity index (χ2n) is 38.1. The fraction of sp³-hybridized carbons (Fsp3) is 0.243. The number of aromatic amines is 6. The minimum Gasteiger partial charge on any atom is -0.478 e. The first-order chi connectivity index (χ1) is 67.8. The Bertz CT molecular complexity index is 7960. The van der Waals surface area contributed by atoms with Gasteiger partial charge in [0.05, 0.1) is 66.5 Å². The van der Waals surface area contributed by atoms with Gasteiger partial charge in [0.1, 0.15) is 28.2 Å². The summed E-state index contributed by atoms with van der Waals surface area (Å²) in [5.41, 5.74) is 19.2. The lowest BCUT2D eigenvalue weighted by atomic mass is 10.1. The van der Waals surface area contributed by atoms with Crippen molar-refractivity contribution in [3.8, 4) is 50.8 Å². The van der Waals surface area contributed by atoms with Crippen LogP contribution in [0, 0.1) is 10.1 Å². The van der Waals surface area contributed by atoms with Crippen molar-refractivity contribution in [2.75, 3.05) is 42.5 Å². The van der Waals surface area contributed by atoms with Gasteiger partial charge in [0, 0.05) is 121 Å². The van der Waals surface area contributed by atoms with Crippen molar-refractivity contribution in [1.82, 2.24) is 54.6 Å². The first-order valence-corrected chi connectivity index (χ1v) is 46.3. The molecule has 0 aliphatic carbocycles. The SMILES string of the molecule is CC(C)(C)OC(=O)NC1CCNCC1.CC(C)(C)OC(=O)Nc1ccc2c(c1)cc(-c1cc3ccccc3[nH]c1=O)n2C(=O)OC(C)(C)C.CC(C)(C)OC(=O)n1c(-c2cc3ccccc3[nH]c2=O)cc2cc(C(=O)O)ccc21.NC1CCN(C(=O)Nc2ccc3[nH]c(-c4cc5ccccc5[nH]c4=O)cc3c2)CC1.Nc1ccc2[nH]c(-c3cc4ccccc4[nH]c3=O)cc2c1.O=C(Cl)Oc1ccc([N+](=O)[O-])cc1. The Morgan fingerprint density at radius 1 is 0.427 bits per heavy atom. The van der Waals surface area contributed by atoms with Crippen molar-refractivity contribution in [2.24, 2.45) is 5.73 Å². The van der Waals surface area contributed by atoms with E-state index in [1.807, 2.05) is 172 Å². The Hall–Kier alpha value is -16.9. The number of pyridine rings is 4. The second kappa shape index (κ2) is 43.2. The molecule has 738 valence electrons. The fourth-order valence-corrected chi connectivity index (χ4v) is 16.1. The molecule has 2 aliphatic heterocycles. The number of nitrogens with one attached hydrogen (secondary N) is 10. The van der Waals surface area contributed by atoms with E-state index in [1.165, 1.54) is 45.5 Å². The number of urea groups is 1. The van der Waals surface area contributed by atoms with Crippen molar-refractivity contribution in [3.05, 3.63) is 300 Å². The highest BCUT2D eigenvalue weighted by Gasteiger charge is 2.30. The number of carboxylic acid groups (broad SMARTS) is 1. The quantitative estimate of drug-likeness (QED) is 0.0199. The van der Waals surface area contributed by atoms with Crippen LogP contribution in [0.1, 0.15) is 119 Å². The van der Waals surface area contributed by atoms with Crippen molar-refractivity contribution < 1.29 is 67.3 Å². The number of likely N-dealkylation sites (tertiary alicyclic amines) is 1. The molecular weight excluding hydrogens is 1850 g/mol. The average Bonchev–Trinajstić information content (AvgIpc) is 1.61. The molecule has 143 heavy (non-hydrogen) atoms. The molecular formula is C107H109ClN16O19. The number of hydrogen-bond donors (Lipinski definition) is 13. The number of ether oxygens (including phenoxy) is 5. The molecule has 2 saturated heterocycles. The van der Waals surface area contributed by atoms with Gasteiger partial charge in [0.15, 0.2) is 0 Å². The molecule has 36 heteroatoms. The number of aromatic nitrogens is 8. The Kier molecular flexibility index (Phi) is 30.8. The normalized spacial score (nSPS) is 12.9. The molecule has 35 nitrogen and oxygen atoms in total. The summed E-state index contributed by atoms with van der Waals surface area (Å²) < 4.78 is 28.9. The van der Waals surface area contributed by atoms with Crippen LogP contribution in [-0.2, 0) is 18.9 Å². The van der Waals surface area contributed by atoms with E-state index in [4.69, 9.17) is 42.0 Å². The molecule has 9 aromatic carbocycles. The van der Waals surface area contributed by atoms with E-state index in [-0.39, 0.29) is 69.0 Å². The third kappa shape index (κ3) is 26.6. The molecule has 0 spiro atoms. The number of H-pyrrole nitrogens is 6. The summed E-state index contributed by atoms with van der Waals surface area (Å²) in [7, 11) is 0. The van der Waals surface area contributed by atoms with Crippen molar-refractivity contribution in [2.45, 2.75) is 143 Å². The summed E-state index contributed by atoms with van der Waals surface area (Å²) >= 11 is 4.92. The summed E-state index contributed by atoms with van der Waals surface area (Å²) in [6.07, 6.45) is 1.48. The number of carboxylic acids is 1. The number of amides is 4. The lowest BCUT2D eigenvalue weighted by Crippen LogP contribution is -2.44. The minimum absolute atomic E-state index is 0.0747. The number of halogens is 1. The Balaban J connectivity index is 0.000000140. The van der Waals surface area contributed by atoms with Crippen LogP contribution in [0.2, 0.25) is 0 Å². The molecule has 10 heterocycles. The molecule has 17 aromatic rings. The van der Waals surface area contributed by atoms with E-state index < -0.39 is 57.0 Å². The van der Waals surface area contributed by atoms with Crippen LogP contribution >= 0.6 is 11.6 Å². The van der Waals surface area contributed by atoms with Crippen LogP contribution in [-0.4, -0.2) is 156 Å². The van der Waals surface area contributed by atoms with Gasteiger partial charge < -0.3 is 91.0 Å². The number of nitrogens with zero attached hydrogens (tertiary/aromatic N) is 4. The molecule has 0 bridgehead atoms. The van der Waals surface area contributed by atoms with E-state index in [0.29, 0.717) is 85.4 Å². The lowest BCUT2D eigenvalue weighted by molar-refractivity contribution is -0.384. The van der Waals surface area contributed by atoms with Crippen molar-refractivity contribution >= 4 is 163 Å². The van der Waals surface area contributed by atoms with Crippen LogP contribution in [0.4, 0.5) is 51.5 Å². The number of piperidine rings is 2. The summed E-state index contributed by atoms with van der Waals surface area (Å²) in [5, 5.41) is 38.0. The van der Waals surface area contributed by atoms with Crippen LogP contribution in [0.5, 0.6) is 5.75 Å². The smallest absolute Gasteiger partial charge is 0.419 e. The monoisotopic (exact) mass is 1960 g/mol. The number of benzene rings is 9. The molecule has 8 aromatic heterocycles. The van der Waals surface area contributed by atoms with Gasteiger partial charge in [0.2, 0.25) is 0 Å². The molecule has 15 N–H and O–H groups in total. The number of rotatable bonds is 10. The number of nitro groups is 1. The molecule has 0 unspecified atom stereocenters. The zero-order valence-electron chi connectivity index (χ0n) is 80.5. The number of non-ortho nitro benzene ring substituents is 1. The third-order valence-electron chi connectivity index (χ3n) is 22.4. The van der Waals surface area contributed by atoms with E-state index in [0.717, 1.165) is 110 Å². The van der Waals surface area contributed by atoms with Gasteiger partial charge >= 0.3 is 41.8 Å². The average molecular weight is 1960 g/mol. The maximum atomic E-state index is 13.3. The standard InChI is InChI=1S/C27H29N3O5.C23H23N5O2.C23H20N2O5.C17H13N3O.C10H20N2O2.C7H4ClNO4/c1-26(2,3)34-24(32)28-18-11-12-21-17(13-18)15-22(30(21)25(33)35-27(4,5)6)19-14-16-9-7-8-10-20(16)29-23(19)31;24-16-7-9-28(10-8-16)23(30)25-17-5-6-20-15(11-17)13-21(26-20)18-12-14-3-1-2-4-19(14)27-22(18)29;1-23(2,3)30-22(29)25-18-9-8-14(21(27)28)10-15(18)12-19(25)16-11-13-6-4-5-7-17(13)24-20(16)26;18-12-5-6-15-11(7-12)9-16(19-15)13-8-10-3-1-2-4-14(10)20-17(13)21;1-10(2,3)14-9(13)12-8-4-6-11-7-5-8;8-7(10)13-6-3-1-5(2-4-6)9(11)12/h7-15H,1-6H3,(H,28,32)(H,29,31);1-6,11-13,16,26H,7-10,24H2,(H,25,30)(H,27,29);4-12H,1-3H3,(H,24,26)(H,27,28);1-9,19H,18H2,(H,20,21);8,11H,4-7H2,1-3H3,(H,12,13);1-4H. The number of nitro benzene ring substituents is 1. The lowest BCUT2D eigenvalue weighted by Gasteiger charge is -2.30. The van der Waals surface area contributed by atoms with Crippen LogP contribution in [0.15, 0.2) is 262 Å². The topological polar surface area (TPSA) is 505 Å². The largest absolute Gasteiger partial charge is 0.478 e. The number of aromatic carboxylic acids is 1. The summed E-state index contributed by atoms with van der Waals surface area (Å²) in [6, 6.07) is 70.9. The number of nitrogen functional groups attached to an aromatic ring is 1. The van der Waals surface area contributed by atoms with Gasteiger partial charge in [-0.1, -0.05) is 72.8 Å². The number of fused-ring (bicyclic) bond motifs is 8. The third-order valence-corrected chi connectivity index (χ3v) is 22.5. The van der Waals surface area contributed by atoms with Crippen LogP contribution in [0.3, 0.4) is 0 Å². The van der Waals surface area contributed by atoms with Crippen LogP contribution < -0.4 is 59.7 Å². The van der Waals surface area contributed by atoms with Gasteiger partial charge in [-0.05, 0) is 301 Å². The van der Waals surface area contributed by atoms with Gasteiger partial charge in [-0.3, -0.25) is 34.6 Å². The highest BCUT2D eigenvalue weighted by Crippen LogP contribution is 2.36. The van der Waals surface area contributed by atoms with Gasteiger partial charge in [-0.2, -0.15) is 0 Å². The molecule has 0 atom stereocenters. The molecule has 4 amide bonds. The number of carbonyl (C=O) groups is 7. The summed E-state index contributed by atoms with van der Waals surface area (Å²) in [5.74, 6) is -0.905. The Morgan fingerprint density at radius 3 is 1.27 bits per heavy atom. The molecule has 0 radical (unpaired) electrons. The van der Waals surface area contributed by atoms with Gasteiger partial charge in [0.25, 0.3) is 27.9 Å². The maximum Gasteiger partial charge on any atom is 0.419 e. The number of hydrogen-bond acceptors (Lipinski definition) is 21. The number of alkyl carbamates (subject to hydrolysis) is 1. The number of anilines is 3. The minimum atomic E-state index is -1.08. The number of carbonyl (C=O) groups excluding carboxylic acids is 6. The fourth-order valence-electron chi connectivity index (χ4n) is 16.0. The van der Waals surface area contributed by atoms with E-state index in [1.54, 1.807) is 122 Å². The van der Waals surface area contributed by atoms with E-state index in [2.05, 4.69) is 55.9 Å².